The molecule has 3 heterocycles. The monoisotopic (exact) mass is 560 g/mol. The Morgan fingerprint density at radius 3 is 2.66 bits per heavy atom. The van der Waals surface area contributed by atoms with Gasteiger partial charge in [0.05, 0.1) is 13.0 Å². The zero-order valence-corrected chi connectivity index (χ0v) is 23.3. The van der Waals surface area contributed by atoms with Crippen molar-refractivity contribution < 1.29 is 18.3 Å². The number of ether oxygens (including phenoxy) is 1. The van der Waals surface area contributed by atoms with Gasteiger partial charge in [-0.25, -0.2) is 8.78 Å². The number of amides is 1. The Labute approximate surface area is 239 Å². The van der Waals surface area contributed by atoms with Crippen LogP contribution in [0.25, 0.3) is 0 Å². The molecule has 2 saturated heterocycles. The lowest BCUT2D eigenvalue weighted by Crippen LogP contribution is -2.47. The van der Waals surface area contributed by atoms with Crippen LogP contribution in [0.15, 0.2) is 54.6 Å². The van der Waals surface area contributed by atoms with Crippen molar-refractivity contribution in [3.05, 3.63) is 83.1 Å². The van der Waals surface area contributed by atoms with Crippen LogP contribution in [-0.4, -0.2) is 78.8 Å². The highest BCUT2D eigenvalue weighted by atomic mass is 19.1. The Morgan fingerprint density at radius 2 is 1.93 bits per heavy atom. The van der Waals surface area contributed by atoms with Gasteiger partial charge in [0, 0.05) is 50.7 Å². The maximum atomic E-state index is 15.0. The molecule has 2 fully saturated rings. The summed E-state index contributed by atoms with van der Waals surface area (Å²) in [5.74, 6) is -1.01. The maximum Gasteiger partial charge on any atom is 0.228 e. The Balaban J connectivity index is 1.32. The van der Waals surface area contributed by atoms with Gasteiger partial charge in [0.2, 0.25) is 5.91 Å². The third-order valence-electron chi connectivity index (χ3n) is 8.32. The predicted octanol–water partition coefficient (Wildman–Crippen LogP) is 4.02. The third kappa shape index (κ3) is 6.46. The lowest BCUT2D eigenvalue weighted by molar-refractivity contribution is -0.136. The van der Waals surface area contributed by atoms with E-state index in [0.717, 1.165) is 31.1 Å². The molecule has 10 heteroatoms. The molecule has 3 atom stereocenters. The van der Waals surface area contributed by atoms with Gasteiger partial charge in [-0.2, -0.15) is 5.26 Å². The van der Waals surface area contributed by atoms with Crippen LogP contribution in [0.2, 0.25) is 0 Å². The van der Waals surface area contributed by atoms with Gasteiger partial charge >= 0.3 is 0 Å². The second-order valence-corrected chi connectivity index (χ2v) is 10.8. The molecule has 0 N–H and O–H groups in total. The van der Waals surface area contributed by atoms with Crippen molar-refractivity contribution in [2.45, 2.75) is 31.2 Å². The number of rotatable bonds is 6. The van der Waals surface area contributed by atoms with E-state index in [2.05, 4.69) is 34.3 Å². The maximum absolute atomic E-state index is 15.0. The smallest absolute Gasteiger partial charge is 0.228 e. The van der Waals surface area contributed by atoms with Crippen molar-refractivity contribution in [1.82, 2.24) is 20.0 Å². The molecule has 2 aliphatic rings. The number of anilines is 1. The van der Waals surface area contributed by atoms with Crippen LogP contribution in [0.3, 0.4) is 0 Å². The number of hydrogen-bond donors (Lipinski definition) is 0. The van der Waals surface area contributed by atoms with Gasteiger partial charge < -0.3 is 19.4 Å². The Kier molecular flexibility index (Phi) is 8.74. The van der Waals surface area contributed by atoms with E-state index < -0.39 is 23.5 Å². The molecule has 3 aromatic rings. The van der Waals surface area contributed by atoms with E-state index in [9.17, 15) is 13.6 Å². The summed E-state index contributed by atoms with van der Waals surface area (Å²) >= 11 is 0. The van der Waals surface area contributed by atoms with E-state index in [1.165, 1.54) is 17.7 Å². The van der Waals surface area contributed by atoms with Gasteiger partial charge in [-0.15, -0.1) is 10.2 Å². The molecular weight excluding hydrogens is 526 g/mol. The zero-order chi connectivity index (χ0) is 28.9. The van der Waals surface area contributed by atoms with Gasteiger partial charge in [0.1, 0.15) is 23.5 Å². The number of benzene rings is 2. The third-order valence-corrected chi connectivity index (χ3v) is 8.32. The number of likely N-dealkylation sites (N-methyl/N-ethyl adjacent to an activating group) is 1. The first-order chi connectivity index (χ1) is 19.9. The van der Waals surface area contributed by atoms with Crippen molar-refractivity contribution in [2.24, 2.45) is 5.92 Å². The molecule has 0 radical (unpaired) electrons. The number of hydrogen-bond acceptors (Lipinski definition) is 7. The summed E-state index contributed by atoms with van der Waals surface area (Å²) in [6.45, 7) is 2.55. The van der Waals surface area contributed by atoms with Crippen LogP contribution >= 0.6 is 0 Å². The molecule has 214 valence electrons. The van der Waals surface area contributed by atoms with Crippen molar-refractivity contribution in [3.8, 4) is 11.8 Å². The largest absolute Gasteiger partial charge is 0.497 e. The van der Waals surface area contributed by atoms with E-state index in [-0.39, 0.29) is 11.6 Å². The molecule has 0 bridgehead atoms. The van der Waals surface area contributed by atoms with Crippen molar-refractivity contribution in [1.29, 1.82) is 5.26 Å². The normalized spacial score (nSPS) is 21.7. The highest BCUT2D eigenvalue weighted by Gasteiger charge is 2.42. The van der Waals surface area contributed by atoms with Crippen LogP contribution in [-0.2, 0) is 11.2 Å². The molecule has 5 rings (SSSR count). The molecule has 1 amide bonds. The fourth-order valence-electron chi connectivity index (χ4n) is 6.01. The predicted molar refractivity (Wildman–Crippen MR) is 150 cm³/mol. The molecule has 0 aliphatic carbocycles. The van der Waals surface area contributed by atoms with Gasteiger partial charge in [-0.1, -0.05) is 18.2 Å². The molecule has 0 spiro atoms. The fraction of sp³-hybridized carbons (Fsp3) is 0.419. The number of methoxy groups -OCH3 is 1. The van der Waals surface area contributed by atoms with Gasteiger partial charge in [0.25, 0.3) is 0 Å². The number of halogens is 2. The summed E-state index contributed by atoms with van der Waals surface area (Å²) in [5, 5.41) is 17.1. The van der Waals surface area contributed by atoms with Gasteiger partial charge in [-0.05, 0) is 67.8 Å². The molecule has 0 saturated carbocycles. The van der Waals surface area contributed by atoms with Crippen LogP contribution in [0.4, 0.5) is 14.6 Å². The van der Waals surface area contributed by atoms with Crippen LogP contribution < -0.4 is 9.64 Å². The average Bonchev–Trinajstić information content (AvgIpc) is 3.42. The quantitative estimate of drug-likeness (QED) is 0.450. The summed E-state index contributed by atoms with van der Waals surface area (Å²) in [7, 11) is 3.76. The van der Waals surface area contributed by atoms with Gasteiger partial charge in [-0.3, -0.25) is 4.79 Å². The highest BCUT2D eigenvalue weighted by Crippen LogP contribution is 2.37. The lowest BCUT2D eigenvalue weighted by Gasteiger charge is -2.36. The van der Waals surface area contributed by atoms with Crippen molar-refractivity contribution in [3.63, 3.8) is 0 Å². The number of nitriles is 1. The summed E-state index contributed by atoms with van der Waals surface area (Å²) in [5.41, 5.74) is 1.73. The number of carbonyl (C=O) groups is 1. The molecule has 2 aliphatic heterocycles. The summed E-state index contributed by atoms with van der Waals surface area (Å²) < 4.78 is 34.1. The number of nitrogens with zero attached hydrogens (tertiary/aromatic N) is 6. The zero-order valence-electron chi connectivity index (χ0n) is 23.3. The first-order valence-electron chi connectivity index (χ1n) is 13.9. The molecule has 1 aromatic heterocycles. The Bertz CT molecular complexity index is 1410. The minimum absolute atomic E-state index is 0.0394. The SMILES string of the molecule is COc1cccc(CC2CCCN(C(=O)[C@@H]3CN(c4ccc(C#N)nn4)C[C@H]3c3ccc(F)cc3F)CCN2C)c1. The van der Waals surface area contributed by atoms with E-state index in [4.69, 9.17) is 10.00 Å². The second kappa shape index (κ2) is 12.6. The topological polar surface area (TPSA) is 85.6 Å². The van der Waals surface area contributed by atoms with Crippen LogP contribution in [0.5, 0.6) is 5.75 Å². The van der Waals surface area contributed by atoms with E-state index >= 15 is 0 Å². The molecule has 1 unspecified atom stereocenters. The molecule has 8 nitrogen and oxygen atoms in total. The first-order valence-corrected chi connectivity index (χ1v) is 13.9. The Hall–Kier alpha value is -4.10. The fourth-order valence-corrected chi connectivity index (χ4v) is 6.01. The molecular formula is C31H34F2N6O2. The summed E-state index contributed by atoms with van der Waals surface area (Å²) in [4.78, 5) is 20.1. The first kappa shape index (κ1) is 28.4. The molecule has 41 heavy (non-hydrogen) atoms. The number of aromatic nitrogens is 2. The Morgan fingerprint density at radius 1 is 1.07 bits per heavy atom. The number of carbonyl (C=O) groups excluding carboxylic acids is 1. The minimum atomic E-state index is -0.659. The van der Waals surface area contributed by atoms with E-state index in [1.54, 1.807) is 19.2 Å². The highest BCUT2D eigenvalue weighted by molar-refractivity contribution is 5.81. The second-order valence-electron chi connectivity index (χ2n) is 10.8. The van der Waals surface area contributed by atoms with E-state index in [0.29, 0.717) is 50.1 Å². The standard InChI is InChI=1S/C31H34F2N6O2/c1-37-13-14-38(12-4-6-24(37)15-21-5-3-7-25(16-21)41-2)31(40)28-20-39(30-11-9-23(18-34)35-36-30)19-27(28)26-10-8-22(32)17-29(26)33/h3,5,7-11,16-17,24,27-28H,4,6,12-15,19-20H2,1-2H3/t24?,27-,28+/m0/s1. The van der Waals surface area contributed by atoms with Crippen LogP contribution in [0.1, 0.15) is 35.6 Å². The summed E-state index contributed by atoms with van der Waals surface area (Å²) in [6, 6.07) is 17.2. The van der Waals surface area contributed by atoms with Crippen LogP contribution in [0, 0.1) is 28.9 Å². The minimum Gasteiger partial charge on any atom is -0.497 e. The lowest BCUT2D eigenvalue weighted by atomic mass is 9.87. The summed E-state index contributed by atoms with van der Waals surface area (Å²) in [6.07, 6.45) is 2.68. The van der Waals surface area contributed by atoms with E-state index in [1.807, 2.05) is 28.0 Å². The van der Waals surface area contributed by atoms with Crippen molar-refractivity contribution in [2.75, 3.05) is 51.8 Å². The average molecular weight is 561 g/mol. The van der Waals surface area contributed by atoms with Crippen molar-refractivity contribution >= 4 is 11.7 Å². The van der Waals surface area contributed by atoms with Gasteiger partial charge in [0.15, 0.2) is 11.5 Å². The molecule has 2 aromatic carbocycles.